The zero-order chi connectivity index (χ0) is 13.3. The van der Waals surface area contributed by atoms with Gasteiger partial charge in [-0.3, -0.25) is 0 Å². The lowest BCUT2D eigenvalue weighted by atomic mass is 9.99. The number of rotatable bonds is 2. The van der Waals surface area contributed by atoms with Gasteiger partial charge in [0.05, 0.1) is 7.11 Å². The lowest BCUT2D eigenvalue weighted by molar-refractivity contribution is -0.137. The second-order valence-corrected chi connectivity index (χ2v) is 4.35. The average molecular weight is 319 g/mol. The van der Waals surface area contributed by atoms with Crippen LogP contribution in [0, 0.1) is 0 Å². The van der Waals surface area contributed by atoms with Gasteiger partial charge in [0.25, 0.3) is 0 Å². The van der Waals surface area contributed by atoms with E-state index in [1.54, 1.807) is 18.2 Å². The first-order valence-corrected chi connectivity index (χ1v) is 6.33. The Morgan fingerprint density at radius 1 is 1.11 bits per heavy atom. The molecule has 0 aliphatic rings. The predicted molar refractivity (Wildman–Crippen MR) is 68.1 cm³/mol. The third-order valence-corrected chi connectivity index (χ3v) is 3.36. The molecule has 18 heavy (non-hydrogen) atoms. The molecule has 0 fully saturated rings. The number of hydrogen-bond acceptors (Lipinski definition) is 1. The molecule has 0 saturated heterocycles. The molecule has 2 aromatic carbocycles. The van der Waals surface area contributed by atoms with Crippen molar-refractivity contribution in [1.29, 1.82) is 0 Å². The maximum Gasteiger partial charge on any atom is 0.420 e. The smallest absolute Gasteiger partial charge is 0.420 e. The maximum atomic E-state index is 13.1. The molecule has 2 aromatic rings. The van der Waals surface area contributed by atoms with Gasteiger partial charge in [-0.15, -0.1) is 0 Å². The van der Waals surface area contributed by atoms with E-state index in [1.165, 1.54) is 19.2 Å². The van der Waals surface area contributed by atoms with Crippen molar-refractivity contribution < 1.29 is 17.9 Å². The largest absolute Gasteiger partial charge is 0.496 e. The van der Waals surface area contributed by atoms with Gasteiger partial charge in [-0.25, -0.2) is 0 Å². The van der Waals surface area contributed by atoms with Crippen molar-refractivity contribution in [3.63, 3.8) is 0 Å². The number of fused-ring (bicyclic) bond motifs is 1. The van der Waals surface area contributed by atoms with Gasteiger partial charge in [0.2, 0.25) is 0 Å². The summed E-state index contributed by atoms with van der Waals surface area (Å²) in [6.07, 6.45) is -4.43. The van der Waals surface area contributed by atoms with Crippen molar-refractivity contribution in [2.24, 2.45) is 0 Å². The zero-order valence-corrected chi connectivity index (χ0v) is 11.1. The molecule has 1 nitrogen and oxygen atoms in total. The first-order valence-electron chi connectivity index (χ1n) is 5.20. The highest BCUT2D eigenvalue weighted by Crippen LogP contribution is 2.41. The summed E-state index contributed by atoms with van der Waals surface area (Å²) in [7, 11) is 1.24. The second kappa shape index (κ2) is 4.80. The van der Waals surface area contributed by atoms with Crippen LogP contribution in [-0.2, 0) is 11.5 Å². The van der Waals surface area contributed by atoms with Gasteiger partial charge in [-0.2, -0.15) is 13.2 Å². The van der Waals surface area contributed by atoms with Crippen molar-refractivity contribution in [3.8, 4) is 5.75 Å². The lowest BCUT2D eigenvalue weighted by Crippen LogP contribution is -2.08. The molecule has 5 heteroatoms. The topological polar surface area (TPSA) is 9.23 Å². The number of alkyl halides is 4. The van der Waals surface area contributed by atoms with E-state index in [9.17, 15) is 13.2 Å². The Morgan fingerprint density at radius 3 is 2.39 bits per heavy atom. The van der Waals surface area contributed by atoms with Crippen LogP contribution in [0.15, 0.2) is 30.3 Å². The molecule has 0 saturated carbocycles. The molecule has 0 atom stereocenters. The zero-order valence-electron chi connectivity index (χ0n) is 9.51. The highest BCUT2D eigenvalue weighted by molar-refractivity contribution is 9.08. The van der Waals surface area contributed by atoms with E-state index in [4.69, 9.17) is 4.74 Å². The molecule has 0 spiro atoms. The van der Waals surface area contributed by atoms with Crippen LogP contribution in [0.2, 0.25) is 0 Å². The molecule has 96 valence electrons. The SMILES string of the molecule is COc1ccc2c(CBr)cccc2c1C(F)(F)F. The van der Waals surface area contributed by atoms with Crippen LogP contribution in [-0.4, -0.2) is 7.11 Å². The predicted octanol–water partition coefficient (Wildman–Crippen LogP) is 4.76. The summed E-state index contributed by atoms with van der Waals surface area (Å²) >= 11 is 3.28. The Kier molecular flexibility index (Phi) is 3.52. The molecular weight excluding hydrogens is 309 g/mol. The van der Waals surface area contributed by atoms with Gasteiger partial charge in [-0.1, -0.05) is 40.2 Å². The summed E-state index contributed by atoms with van der Waals surface area (Å²) in [6.45, 7) is 0. The minimum atomic E-state index is -4.43. The van der Waals surface area contributed by atoms with Crippen molar-refractivity contribution in [3.05, 3.63) is 41.5 Å². The van der Waals surface area contributed by atoms with E-state index in [0.717, 1.165) is 5.56 Å². The van der Waals surface area contributed by atoms with Crippen molar-refractivity contribution >= 4 is 26.7 Å². The Hall–Kier alpha value is -1.23. The summed E-state index contributed by atoms with van der Waals surface area (Å²) in [5, 5.41) is 1.26. The van der Waals surface area contributed by atoms with Crippen molar-refractivity contribution in [1.82, 2.24) is 0 Å². The van der Waals surface area contributed by atoms with Crippen LogP contribution in [0.1, 0.15) is 11.1 Å². The molecule has 0 aromatic heterocycles. The molecule has 0 heterocycles. The molecule has 2 rings (SSSR count). The molecule has 0 bridgehead atoms. The number of ether oxygens (including phenoxy) is 1. The van der Waals surface area contributed by atoms with Gasteiger partial charge in [0.1, 0.15) is 11.3 Å². The normalized spacial score (nSPS) is 11.8. The van der Waals surface area contributed by atoms with Crippen LogP contribution < -0.4 is 4.74 Å². The van der Waals surface area contributed by atoms with Crippen LogP contribution in [0.4, 0.5) is 13.2 Å². The monoisotopic (exact) mass is 318 g/mol. The Labute approximate surface area is 111 Å². The van der Waals surface area contributed by atoms with E-state index in [-0.39, 0.29) is 11.1 Å². The highest BCUT2D eigenvalue weighted by atomic mass is 79.9. The number of hydrogen-bond donors (Lipinski definition) is 0. The van der Waals surface area contributed by atoms with Crippen LogP contribution in [0.25, 0.3) is 10.8 Å². The summed E-state index contributed by atoms with van der Waals surface area (Å²) in [5.41, 5.74) is 0.103. The van der Waals surface area contributed by atoms with Crippen LogP contribution in [0.5, 0.6) is 5.75 Å². The number of methoxy groups -OCH3 is 1. The quantitative estimate of drug-likeness (QED) is 0.725. The van der Waals surface area contributed by atoms with E-state index >= 15 is 0 Å². The molecule has 0 amide bonds. The lowest BCUT2D eigenvalue weighted by Gasteiger charge is -2.15. The van der Waals surface area contributed by atoms with Crippen LogP contribution >= 0.6 is 15.9 Å². The third kappa shape index (κ3) is 2.19. The highest BCUT2D eigenvalue weighted by Gasteiger charge is 2.36. The summed E-state index contributed by atoms with van der Waals surface area (Å²) in [5.74, 6) is -0.151. The minimum Gasteiger partial charge on any atom is -0.496 e. The van der Waals surface area contributed by atoms with Gasteiger partial charge in [-0.05, 0) is 22.4 Å². The summed E-state index contributed by atoms with van der Waals surface area (Å²) < 4.78 is 44.1. The van der Waals surface area contributed by atoms with Gasteiger partial charge < -0.3 is 4.74 Å². The van der Waals surface area contributed by atoms with Gasteiger partial charge in [0.15, 0.2) is 0 Å². The van der Waals surface area contributed by atoms with E-state index in [0.29, 0.717) is 10.7 Å². The maximum absolute atomic E-state index is 13.1. The Bertz CT molecular complexity index is 578. The fourth-order valence-electron chi connectivity index (χ4n) is 1.98. The Balaban J connectivity index is 2.87. The number of halogens is 4. The Morgan fingerprint density at radius 2 is 1.83 bits per heavy atom. The minimum absolute atomic E-state index is 0.151. The molecular formula is C13H10BrF3O. The number of benzene rings is 2. The first kappa shape index (κ1) is 13.2. The van der Waals surface area contributed by atoms with Gasteiger partial charge in [0, 0.05) is 5.33 Å². The van der Waals surface area contributed by atoms with E-state index in [1.807, 2.05) is 0 Å². The van der Waals surface area contributed by atoms with E-state index < -0.39 is 11.7 Å². The van der Waals surface area contributed by atoms with Crippen LogP contribution in [0.3, 0.4) is 0 Å². The molecule has 0 unspecified atom stereocenters. The van der Waals surface area contributed by atoms with Gasteiger partial charge >= 0.3 is 6.18 Å². The molecule has 0 N–H and O–H groups in total. The molecule has 0 radical (unpaired) electrons. The average Bonchev–Trinajstić information content (AvgIpc) is 2.35. The van der Waals surface area contributed by atoms with E-state index in [2.05, 4.69) is 15.9 Å². The fraction of sp³-hybridized carbons (Fsp3) is 0.231. The summed E-state index contributed by atoms with van der Waals surface area (Å²) in [4.78, 5) is 0. The first-order chi connectivity index (χ1) is 8.49. The molecule has 0 aliphatic carbocycles. The molecule has 0 aliphatic heterocycles. The standard InChI is InChI=1S/C13H10BrF3O/c1-18-11-6-5-9-8(7-14)3-2-4-10(9)12(11)13(15,16)17/h2-6H,7H2,1H3. The fourth-order valence-corrected chi connectivity index (χ4v) is 2.47. The van der Waals surface area contributed by atoms with Crippen molar-refractivity contribution in [2.45, 2.75) is 11.5 Å². The van der Waals surface area contributed by atoms with Crippen molar-refractivity contribution in [2.75, 3.05) is 7.11 Å². The third-order valence-electron chi connectivity index (χ3n) is 2.76. The summed E-state index contributed by atoms with van der Waals surface area (Å²) in [6, 6.07) is 7.89. The second-order valence-electron chi connectivity index (χ2n) is 3.79.